The van der Waals surface area contributed by atoms with Gasteiger partial charge in [0.2, 0.25) is 0 Å². The molecule has 0 spiro atoms. The second kappa shape index (κ2) is 8.76. The molecule has 1 aliphatic carbocycles. The molecule has 2 aromatic heterocycles. The molecular formula is C25H26N2O4. The van der Waals surface area contributed by atoms with Crippen molar-refractivity contribution >= 4 is 34.4 Å². The second-order valence-electron chi connectivity index (χ2n) is 7.97. The van der Waals surface area contributed by atoms with Gasteiger partial charge in [0.25, 0.3) is 5.91 Å². The van der Waals surface area contributed by atoms with Gasteiger partial charge in [-0.15, -0.1) is 0 Å². The molecule has 1 N–H and O–H groups in total. The van der Waals surface area contributed by atoms with Crippen LogP contribution in [0.15, 0.2) is 47.1 Å². The first-order valence-electron chi connectivity index (χ1n) is 10.6. The molecule has 160 valence electrons. The number of fused-ring (bicyclic) bond motifs is 2. The Balaban J connectivity index is 1.84. The summed E-state index contributed by atoms with van der Waals surface area (Å²) in [5.74, 6) is 0.262. The van der Waals surface area contributed by atoms with Gasteiger partial charge in [0.05, 0.1) is 23.0 Å². The van der Waals surface area contributed by atoms with Gasteiger partial charge in [0, 0.05) is 11.9 Å². The molecule has 0 bridgehead atoms. The molecule has 1 aromatic carbocycles. The Bertz CT molecular complexity index is 1150. The van der Waals surface area contributed by atoms with E-state index in [0.717, 1.165) is 39.9 Å². The number of furan rings is 1. The number of hydrogen-bond donors (Lipinski definition) is 1. The average Bonchev–Trinajstić information content (AvgIpc) is 3.25. The minimum absolute atomic E-state index is 0.310. The van der Waals surface area contributed by atoms with Crippen molar-refractivity contribution in [3.05, 3.63) is 65.2 Å². The monoisotopic (exact) mass is 418 g/mol. The summed E-state index contributed by atoms with van der Waals surface area (Å²) in [6.45, 7) is 6.05. The maximum Gasteiger partial charge on any atom is 0.339 e. The highest BCUT2D eigenvalue weighted by atomic mass is 16.5. The Hall–Kier alpha value is -3.41. The molecule has 4 rings (SSSR count). The molecule has 31 heavy (non-hydrogen) atoms. The number of nitrogens with zero attached hydrogens (tertiary/aromatic N) is 1. The fourth-order valence-corrected chi connectivity index (χ4v) is 4.11. The first-order chi connectivity index (χ1) is 15.0. The minimum Gasteiger partial charge on any atom is -0.465 e. The van der Waals surface area contributed by atoms with E-state index in [-0.39, 0.29) is 5.91 Å². The molecule has 0 radical (unpaired) electrons. The molecule has 6 nitrogen and oxygen atoms in total. The highest BCUT2D eigenvalue weighted by Crippen LogP contribution is 2.38. The predicted octanol–water partition coefficient (Wildman–Crippen LogP) is 4.63. The van der Waals surface area contributed by atoms with Crippen LogP contribution < -0.4 is 5.32 Å². The van der Waals surface area contributed by atoms with Gasteiger partial charge in [-0.2, -0.15) is 0 Å². The highest BCUT2D eigenvalue weighted by Gasteiger charge is 2.30. The van der Waals surface area contributed by atoms with Crippen LogP contribution in [0.1, 0.15) is 54.6 Å². The Labute approximate surface area is 181 Å². The van der Waals surface area contributed by atoms with E-state index in [0.29, 0.717) is 24.4 Å². The maximum absolute atomic E-state index is 13.3. The van der Waals surface area contributed by atoms with Crippen LogP contribution >= 0.6 is 0 Å². The first-order valence-corrected chi connectivity index (χ1v) is 10.6. The van der Waals surface area contributed by atoms with Crippen molar-refractivity contribution in [3.63, 3.8) is 0 Å². The molecule has 0 saturated carbocycles. The number of esters is 1. The maximum atomic E-state index is 13.3. The van der Waals surface area contributed by atoms with Gasteiger partial charge in [-0.1, -0.05) is 25.1 Å². The van der Waals surface area contributed by atoms with Crippen molar-refractivity contribution < 1.29 is 18.7 Å². The third-order valence-electron chi connectivity index (χ3n) is 5.49. The lowest BCUT2D eigenvalue weighted by Crippen LogP contribution is -2.36. The number of carbonyl (C=O) groups excluding carboxylic acids is 2. The largest absolute Gasteiger partial charge is 0.465 e. The standard InChI is InChI=1S/C25H26N2O4/c1-4-26-24(28)16(3)31-25(29)22-19-9-5-6-10-21(19)27-23-17(12-15(2)13-20(22)23)14-18-8-7-11-30-18/h5-11,14-16H,4,12-13H2,1-3H3,(H,26,28)/b17-14-/t15-,16+/m0/s1. The number of likely N-dealkylation sites (N-methyl/N-ethyl adjacent to an activating group) is 1. The van der Waals surface area contributed by atoms with Crippen molar-refractivity contribution in [2.45, 2.75) is 39.7 Å². The second-order valence-corrected chi connectivity index (χ2v) is 7.97. The number of amides is 1. The quantitative estimate of drug-likeness (QED) is 0.611. The summed E-state index contributed by atoms with van der Waals surface area (Å²) in [7, 11) is 0. The zero-order valence-electron chi connectivity index (χ0n) is 18.0. The highest BCUT2D eigenvalue weighted by molar-refractivity contribution is 6.07. The van der Waals surface area contributed by atoms with Gasteiger partial charge in [0.15, 0.2) is 6.10 Å². The number of nitrogens with one attached hydrogen (secondary N) is 1. The Kier molecular flexibility index (Phi) is 5.89. The Morgan fingerprint density at radius 2 is 2.06 bits per heavy atom. The molecular weight excluding hydrogens is 392 g/mol. The average molecular weight is 418 g/mol. The topological polar surface area (TPSA) is 81.4 Å². The molecule has 0 unspecified atom stereocenters. The van der Waals surface area contributed by atoms with Crippen LogP contribution in [0.5, 0.6) is 0 Å². The Morgan fingerprint density at radius 1 is 1.26 bits per heavy atom. The first kappa shape index (κ1) is 20.8. The lowest BCUT2D eigenvalue weighted by atomic mass is 9.81. The molecule has 6 heteroatoms. The molecule has 1 aliphatic rings. The van der Waals surface area contributed by atoms with E-state index in [1.165, 1.54) is 0 Å². The number of benzene rings is 1. The number of allylic oxidation sites excluding steroid dienone is 1. The van der Waals surface area contributed by atoms with E-state index in [1.54, 1.807) is 13.2 Å². The van der Waals surface area contributed by atoms with Gasteiger partial charge in [-0.25, -0.2) is 9.78 Å². The van der Waals surface area contributed by atoms with Crippen LogP contribution in [0.4, 0.5) is 0 Å². The zero-order valence-corrected chi connectivity index (χ0v) is 18.0. The van der Waals surface area contributed by atoms with E-state index in [1.807, 2.05) is 49.4 Å². The molecule has 0 saturated heterocycles. The van der Waals surface area contributed by atoms with Gasteiger partial charge in [0.1, 0.15) is 5.76 Å². The molecule has 3 aromatic rings. The summed E-state index contributed by atoms with van der Waals surface area (Å²) in [5.41, 5.74) is 3.90. The van der Waals surface area contributed by atoms with Crippen LogP contribution in [0, 0.1) is 5.92 Å². The van der Waals surface area contributed by atoms with E-state index in [9.17, 15) is 9.59 Å². The van der Waals surface area contributed by atoms with E-state index >= 15 is 0 Å². The lowest BCUT2D eigenvalue weighted by molar-refractivity contribution is -0.128. The predicted molar refractivity (Wildman–Crippen MR) is 119 cm³/mol. The van der Waals surface area contributed by atoms with E-state index < -0.39 is 12.1 Å². The van der Waals surface area contributed by atoms with Crippen LogP contribution in [0.3, 0.4) is 0 Å². The normalized spacial score (nSPS) is 17.9. The van der Waals surface area contributed by atoms with Gasteiger partial charge in [-0.3, -0.25) is 4.79 Å². The van der Waals surface area contributed by atoms with Crippen LogP contribution in [-0.4, -0.2) is 29.5 Å². The van der Waals surface area contributed by atoms with Gasteiger partial charge < -0.3 is 14.5 Å². The van der Waals surface area contributed by atoms with Crippen LogP contribution in [-0.2, 0) is 16.0 Å². The molecule has 2 heterocycles. The molecule has 1 amide bonds. The number of carbonyl (C=O) groups is 2. The number of ether oxygens (including phenoxy) is 1. The van der Waals surface area contributed by atoms with E-state index in [2.05, 4.69) is 12.2 Å². The van der Waals surface area contributed by atoms with Gasteiger partial charge >= 0.3 is 5.97 Å². The van der Waals surface area contributed by atoms with Crippen LogP contribution in [0.2, 0.25) is 0 Å². The fourth-order valence-electron chi connectivity index (χ4n) is 4.11. The zero-order chi connectivity index (χ0) is 22.0. The van der Waals surface area contributed by atoms with Crippen molar-refractivity contribution in [2.75, 3.05) is 6.54 Å². The number of hydrogen-bond acceptors (Lipinski definition) is 5. The van der Waals surface area contributed by atoms with E-state index in [4.69, 9.17) is 14.1 Å². The van der Waals surface area contributed by atoms with Crippen molar-refractivity contribution in [1.82, 2.24) is 10.3 Å². The summed E-state index contributed by atoms with van der Waals surface area (Å²) >= 11 is 0. The third-order valence-corrected chi connectivity index (χ3v) is 5.49. The summed E-state index contributed by atoms with van der Waals surface area (Å²) in [4.78, 5) is 30.3. The van der Waals surface area contributed by atoms with Crippen molar-refractivity contribution in [2.24, 2.45) is 5.92 Å². The molecule has 0 aliphatic heterocycles. The molecule has 2 atom stereocenters. The third kappa shape index (κ3) is 4.24. The van der Waals surface area contributed by atoms with Crippen molar-refractivity contribution in [3.8, 4) is 0 Å². The number of aromatic nitrogens is 1. The summed E-state index contributed by atoms with van der Waals surface area (Å²) < 4.78 is 11.1. The lowest BCUT2D eigenvalue weighted by Gasteiger charge is -2.26. The van der Waals surface area contributed by atoms with Gasteiger partial charge in [-0.05, 0) is 68.0 Å². The van der Waals surface area contributed by atoms with Crippen LogP contribution in [0.25, 0.3) is 22.6 Å². The summed E-state index contributed by atoms with van der Waals surface area (Å²) in [6, 6.07) is 11.3. The SMILES string of the molecule is CCNC(=O)[C@@H](C)OC(=O)c1c2c(nc3ccccc13)/C(=C\c1ccco1)C[C@H](C)C2. The Morgan fingerprint density at radius 3 is 2.81 bits per heavy atom. The smallest absolute Gasteiger partial charge is 0.339 e. The number of pyridine rings is 1. The molecule has 0 fully saturated rings. The summed E-state index contributed by atoms with van der Waals surface area (Å²) in [5, 5.41) is 3.43. The fraction of sp³-hybridized carbons (Fsp3) is 0.320. The number of para-hydroxylation sites is 1. The van der Waals surface area contributed by atoms with Crippen molar-refractivity contribution in [1.29, 1.82) is 0 Å². The minimum atomic E-state index is -0.880. The number of rotatable bonds is 5. The summed E-state index contributed by atoms with van der Waals surface area (Å²) in [6.07, 6.45) is 4.29.